The van der Waals surface area contributed by atoms with Crippen LogP contribution in [0.2, 0.25) is 0 Å². The number of nitrogens with zero attached hydrogens (tertiary/aromatic N) is 4. The zero-order valence-corrected chi connectivity index (χ0v) is 19.3. The van der Waals surface area contributed by atoms with E-state index in [1.54, 1.807) is 10.9 Å². The van der Waals surface area contributed by atoms with E-state index < -0.39 is 39.6 Å². The van der Waals surface area contributed by atoms with E-state index in [0.717, 1.165) is 23.0 Å². The number of carbonyl (C=O) groups is 1. The Morgan fingerprint density at radius 1 is 1.18 bits per heavy atom. The second-order valence-electron chi connectivity index (χ2n) is 8.38. The van der Waals surface area contributed by atoms with Crippen molar-refractivity contribution in [3.05, 3.63) is 63.1 Å². The van der Waals surface area contributed by atoms with E-state index in [2.05, 4.69) is 10.3 Å². The summed E-state index contributed by atoms with van der Waals surface area (Å²) in [4.78, 5) is 43.6. The minimum atomic E-state index is -3.17. The molecule has 1 aliphatic heterocycles. The third-order valence-corrected chi connectivity index (χ3v) is 7.59. The molecule has 11 heteroatoms. The third kappa shape index (κ3) is 4.92. The maximum absolute atomic E-state index is 13.3. The Hall–Kier alpha value is -3.21. The highest BCUT2D eigenvalue weighted by molar-refractivity contribution is 7.91. The number of benzene rings is 1. The van der Waals surface area contributed by atoms with Crippen molar-refractivity contribution in [3.63, 3.8) is 0 Å². The molecular formula is C22H27N5O5S. The maximum atomic E-state index is 13.3. The standard InChI is InChI=1S/C22H27N5O5S/c1-2-3-10-25-15-23-20-19(25)21(29)27(13-18(28)24-17-9-11-33(31,32)14-17)22(30)26(20)12-16-7-5-4-6-8-16/h4-8,15,17H,2-3,9-14H2,1H3,(H,24,28)/t17-/m1/s1. The van der Waals surface area contributed by atoms with Crippen LogP contribution in [0.15, 0.2) is 46.2 Å². The molecule has 0 aliphatic carbocycles. The number of fused-ring (bicyclic) bond motifs is 1. The van der Waals surface area contributed by atoms with Crippen molar-refractivity contribution in [2.45, 2.75) is 51.9 Å². The van der Waals surface area contributed by atoms with Gasteiger partial charge >= 0.3 is 5.69 Å². The Morgan fingerprint density at radius 2 is 1.94 bits per heavy atom. The van der Waals surface area contributed by atoms with Crippen molar-refractivity contribution in [1.82, 2.24) is 24.0 Å². The van der Waals surface area contributed by atoms with Gasteiger partial charge in [-0.2, -0.15) is 0 Å². The van der Waals surface area contributed by atoms with E-state index in [1.165, 1.54) is 4.57 Å². The van der Waals surface area contributed by atoms with E-state index in [1.807, 2.05) is 37.3 Å². The summed E-state index contributed by atoms with van der Waals surface area (Å²) in [5.74, 6) is -0.680. The molecule has 2 aromatic heterocycles. The number of hydrogen-bond donors (Lipinski definition) is 1. The third-order valence-electron chi connectivity index (χ3n) is 5.82. The molecule has 1 aliphatic rings. The SMILES string of the molecule is CCCCn1cnc2c1c(=O)n(CC(=O)N[C@@H]1CCS(=O)(=O)C1)c(=O)n2Cc1ccccc1. The van der Waals surface area contributed by atoms with Gasteiger partial charge in [0.25, 0.3) is 5.56 Å². The van der Waals surface area contributed by atoms with Gasteiger partial charge in [-0.1, -0.05) is 43.7 Å². The summed E-state index contributed by atoms with van der Waals surface area (Å²) in [7, 11) is -3.17. The van der Waals surface area contributed by atoms with Crippen LogP contribution in [0.4, 0.5) is 0 Å². The van der Waals surface area contributed by atoms with Crippen molar-refractivity contribution >= 4 is 26.9 Å². The van der Waals surface area contributed by atoms with E-state index >= 15 is 0 Å². The van der Waals surface area contributed by atoms with Gasteiger partial charge in [-0.25, -0.2) is 22.8 Å². The van der Waals surface area contributed by atoms with E-state index in [0.29, 0.717) is 13.0 Å². The van der Waals surface area contributed by atoms with Gasteiger partial charge in [0.15, 0.2) is 21.0 Å². The molecule has 176 valence electrons. The molecule has 33 heavy (non-hydrogen) atoms. The second-order valence-corrected chi connectivity index (χ2v) is 10.6. The lowest BCUT2D eigenvalue weighted by molar-refractivity contribution is -0.122. The molecular weight excluding hydrogens is 446 g/mol. The van der Waals surface area contributed by atoms with Crippen LogP contribution in [0.25, 0.3) is 11.2 Å². The van der Waals surface area contributed by atoms with Crippen molar-refractivity contribution < 1.29 is 13.2 Å². The number of hydrogen-bond acceptors (Lipinski definition) is 6. The summed E-state index contributed by atoms with van der Waals surface area (Å²) >= 11 is 0. The summed E-state index contributed by atoms with van der Waals surface area (Å²) in [6, 6.07) is 8.82. The number of nitrogens with one attached hydrogen (secondary N) is 1. The fourth-order valence-electron chi connectivity index (χ4n) is 4.11. The number of unbranched alkanes of at least 4 members (excludes halogenated alkanes) is 1. The zero-order chi connectivity index (χ0) is 23.6. The molecule has 1 saturated heterocycles. The summed E-state index contributed by atoms with van der Waals surface area (Å²) < 4.78 is 27.4. The van der Waals surface area contributed by atoms with Gasteiger partial charge in [0.2, 0.25) is 5.91 Å². The Kier molecular flexibility index (Phi) is 6.50. The first kappa shape index (κ1) is 23.0. The van der Waals surface area contributed by atoms with Gasteiger partial charge in [-0.05, 0) is 18.4 Å². The largest absolute Gasteiger partial charge is 0.351 e. The first-order valence-electron chi connectivity index (χ1n) is 11.0. The molecule has 10 nitrogen and oxygen atoms in total. The number of sulfone groups is 1. The zero-order valence-electron chi connectivity index (χ0n) is 18.4. The first-order valence-corrected chi connectivity index (χ1v) is 12.8. The number of imidazole rings is 1. The molecule has 0 radical (unpaired) electrons. The van der Waals surface area contributed by atoms with Crippen LogP contribution in [0, 0.1) is 0 Å². The molecule has 1 amide bonds. The Labute approximate surface area is 190 Å². The molecule has 0 bridgehead atoms. The second kappa shape index (κ2) is 9.34. The lowest BCUT2D eigenvalue weighted by Crippen LogP contribution is -2.46. The van der Waals surface area contributed by atoms with E-state index in [4.69, 9.17) is 0 Å². The lowest BCUT2D eigenvalue weighted by Gasteiger charge is -2.14. The van der Waals surface area contributed by atoms with Crippen LogP contribution in [-0.4, -0.2) is 50.6 Å². The van der Waals surface area contributed by atoms with Crippen LogP contribution < -0.4 is 16.6 Å². The lowest BCUT2D eigenvalue weighted by atomic mass is 10.2. The molecule has 1 aromatic carbocycles. The molecule has 3 heterocycles. The fourth-order valence-corrected chi connectivity index (χ4v) is 5.78. The summed E-state index contributed by atoms with van der Waals surface area (Å²) in [6.45, 7) is 2.32. The van der Waals surface area contributed by atoms with Crippen molar-refractivity contribution in [2.24, 2.45) is 0 Å². The minimum absolute atomic E-state index is 0.0182. The van der Waals surface area contributed by atoms with Gasteiger partial charge in [0, 0.05) is 12.6 Å². The monoisotopic (exact) mass is 473 g/mol. The first-order chi connectivity index (χ1) is 15.8. The van der Waals surface area contributed by atoms with E-state index in [-0.39, 0.29) is 29.2 Å². The smallest absolute Gasteiger partial charge is 0.333 e. The molecule has 1 atom stereocenters. The number of aromatic nitrogens is 4. The normalized spacial score (nSPS) is 17.4. The molecule has 0 spiro atoms. The molecule has 0 unspecified atom stereocenters. The van der Waals surface area contributed by atoms with Gasteiger partial charge < -0.3 is 9.88 Å². The minimum Gasteiger partial charge on any atom is -0.351 e. The highest BCUT2D eigenvalue weighted by Crippen LogP contribution is 2.12. The topological polar surface area (TPSA) is 125 Å². The van der Waals surface area contributed by atoms with Crippen LogP contribution >= 0.6 is 0 Å². The van der Waals surface area contributed by atoms with Crippen LogP contribution in [0.5, 0.6) is 0 Å². The predicted molar refractivity (Wildman–Crippen MR) is 124 cm³/mol. The maximum Gasteiger partial charge on any atom is 0.333 e. The van der Waals surface area contributed by atoms with Crippen LogP contribution in [-0.2, 0) is 34.3 Å². The number of amides is 1. The van der Waals surface area contributed by atoms with Crippen molar-refractivity contribution in [1.29, 1.82) is 0 Å². The van der Waals surface area contributed by atoms with Crippen LogP contribution in [0.3, 0.4) is 0 Å². The number of aryl methyl sites for hydroxylation is 1. The highest BCUT2D eigenvalue weighted by atomic mass is 32.2. The van der Waals surface area contributed by atoms with E-state index in [9.17, 15) is 22.8 Å². The van der Waals surface area contributed by atoms with Crippen LogP contribution in [0.1, 0.15) is 31.7 Å². The quantitative estimate of drug-likeness (QED) is 0.508. The average Bonchev–Trinajstić information content (AvgIpc) is 3.36. The summed E-state index contributed by atoms with van der Waals surface area (Å²) in [5.41, 5.74) is 0.196. The Bertz CT molecular complexity index is 1390. The fraction of sp³-hybridized carbons (Fsp3) is 0.455. The number of rotatable bonds is 8. The van der Waals surface area contributed by atoms with Gasteiger partial charge in [-0.3, -0.25) is 14.2 Å². The average molecular weight is 474 g/mol. The predicted octanol–water partition coefficient (Wildman–Crippen LogP) is 0.511. The Balaban J connectivity index is 1.73. The summed E-state index contributed by atoms with van der Waals surface area (Å²) in [6.07, 6.45) is 3.63. The van der Waals surface area contributed by atoms with Gasteiger partial charge in [-0.15, -0.1) is 0 Å². The van der Waals surface area contributed by atoms with Gasteiger partial charge in [0.1, 0.15) is 6.54 Å². The Morgan fingerprint density at radius 3 is 2.61 bits per heavy atom. The summed E-state index contributed by atoms with van der Waals surface area (Å²) in [5, 5.41) is 2.65. The molecule has 3 aromatic rings. The van der Waals surface area contributed by atoms with Gasteiger partial charge in [0.05, 0.1) is 24.4 Å². The van der Waals surface area contributed by atoms with Crippen molar-refractivity contribution in [3.8, 4) is 0 Å². The highest BCUT2D eigenvalue weighted by Gasteiger charge is 2.29. The molecule has 4 rings (SSSR count). The molecule has 0 saturated carbocycles. The number of carbonyl (C=O) groups excluding carboxylic acids is 1. The molecule has 1 fully saturated rings. The van der Waals surface area contributed by atoms with Crippen molar-refractivity contribution in [2.75, 3.05) is 11.5 Å². The molecule has 1 N–H and O–H groups in total.